The average Bonchev–Trinajstić information content (AvgIpc) is 2.86. The van der Waals surface area contributed by atoms with Gasteiger partial charge in [-0.2, -0.15) is 0 Å². The zero-order valence-electron chi connectivity index (χ0n) is 12.5. The lowest BCUT2D eigenvalue weighted by molar-refractivity contribution is 0.229. The van der Waals surface area contributed by atoms with Crippen LogP contribution < -0.4 is 10.6 Å². The largest absolute Gasteiger partial charge is 0.338 e. The van der Waals surface area contributed by atoms with Gasteiger partial charge >= 0.3 is 6.03 Å². The number of carbonyl (C=O) groups is 1. The number of carbonyl (C=O) groups excluding carboxylic acids is 1. The summed E-state index contributed by atoms with van der Waals surface area (Å²) in [7, 11) is 0. The molecule has 2 aliphatic rings. The molecule has 2 rings (SSSR count). The first-order valence-corrected chi connectivity index (χ1v) is 7.93. The molecule has 4 heteroatoms. The van der Waals surface area contributed by atoms with Gasteiger partial charge in [-0.15, -0.1) is 0 Å². The van der Waals surface area contributed by atoms with Crippen LogP contribution in [0.15, 0.2) is 0 Å². The molecule has 0 radical (unpaired) electrons. The lowest BCUT2D eigenvalue weighted by atomic mass is 9.96. The van der Waals surface area contributed by atoms with Crippen molar-refractivity contribution in [3.8, 4) is 0 Å². The quantitative estimate of drug-likeness (QED) is 0.821. The van der Waals surface area contributed by atoms with Gasteiger partial charge in [0.25, 0.3) is 0 Å². The maximum absolute atomic E-state index is 11.8. The third-order valence-electron chi connectivity index (χ3n) is 4.54. The molecule has 19 heavy (non-hydrogen) atoms. The van der Waals surface area contributed by atoms with E-state index in [1.165, 1.54) is 32.2 Å². The van der Waals surface area contributed by atoms with Crippen molar-refractivity contribution in [3.05, 3.63) is 0 Å². The average molecular weight is 267 g/mol. The number of rotatable bonds is 4. The van der Waals surface area contributed by atoms with Crippen LogP contribution in [0.5, 0.6) is 0 Å². The van der Waals surface area contributed by atoms with Crippen LogP contribution in [0, 0.1) is 5.92 Å². The molecule has 0 aromatic carbocycles. The summed E-state index contributed by atoms with van der Waals surface area (Å²) >= 11 is 0. The number of amides is 2. The van der Waals surface area contributed by atoms with Crippen molar-refractivity contribution in [3.63, 3.8) is 0 Å². The predicted molar refractivity (Wildman–Crippen MR) is 78.2 cm³/mol. The lowest BCUT2D eigenvalue weighted by Crippen LogP contribution is -2.44. The number of urea groups is 1. The monoisotopic (exact) mass is 267 g/mol. The first-order valence-electron chi connectivity index (χ1n) is 7.93. The van der Waals surface area contributed by atoms with Crippen molar-refractivity contribution < 1.29 is 4.79 Å². The summed E-state index contributed by atoms with van der Waals surface area (Å²) in [5.41, 5.74) is 0. The van der Waals surface area contributed by atoms with Crippen LogP contribution in [0.1, 0.15) is 52.4 Å². The highest BCUT2D eigenvalue weighted by atomic mass is 16.2. The smallest absolute Gasteiger partial charge is 0.315 e. The minimum atomic E-state index is 0.0369. The highest BCUT2D eigenvalue weighted by Gasteiger charge is 2.24. The van der Waals surface area contributed by atoms with Crippen LogP contribution in [0.3, 0.4) is 0 Å². The summed E-state index contributed by atoms with van der Waals surface area (Å²) < 4.78 is 0. The zero-order valence-corrected chi connectivity index (χ0v) is 12.5. The molecule has 0 aromatic heterocycles. The second-order valence-electron chi connectivity index (χ2n) is 6.43. The van der Waals surface area contributed by atoms with Crippen molar-refractivity contribution in [2.45, 2.75) is 64.5 Å². The molecule has 1 saturated carbocycles. The maximum Gasteiger partial charge on any atom is 0.315 e. The van der Waals surface area contributed by atoms with E-state index in [1.54, 1.807) is 0 Å². The topological polar surface area (TPSA) is 44.4 Å². The molecule has 2 N–H and O–H groups in total. The molecule has 1 aliphatic heterocycles. The molecule has 4 nitrogen and oxygen atoms in total. The highest BCUT2D eigenvalue weighted by Crippen LogP contribution is 2.18. The molecule has 110 valence electrons. The number of likely N-dealkylation sites (tertiary alicyclic amines) is 1. The van der Waals surface area contributed by atoms with Gasteiger partial charge < -0.3 is 15.5 Å². The highest BCUT2D eigenvalue weighted by molar-refractivity contribution is 5.74. The van der Waals surface area contributed by atoms with E-state index in [0.717, 1.165) is 25.9 Å². The normalized spacial score (nSPS) is 25.7. The van der Waals surface area contributed by atoms with Crippen LogP contribution in [0.2, 0.25) is 0 Å². The van der Waals surface area contributed by atoms with Gasteiger partial charge in [-0.3, -0.25) is 0 Å². The van der Waals surface area contributed by atoms with Crippen molar-refractivity contribution in [1.29, 1.82) is 0 Å². The minimum Gasteiger partial charge on any atom is -0.338 e. The molecule has 0 bridgehead atoms. The molecular weight excluding hydrogens is 238 g/mol. The van der Waals surface area contributed by atoms with Crippen molar-refractivity contribution in [2.75, 3.05) is 19.6 Å². The van der Waals surface area contributed by atoms with E-state index < -0.39 is 0 Å². The maximum atomic E-state index is 11.8. The summed E-state index contributed by atoms with van der Waals surface area (Å²) in [6, 6.07) is 1.07. The summed E-state index contributed by atoms with van der Waals surface area (Å²) in [5.74, 6) is 0.625. The van der Waals surface area contributed by atoms with Gasteiger partial charge in [0.15, 0.2) is 0 Å². The zero-order chi connectivity index (χ0) is 13.7. The Balaban J connectivity index is 1.61. The molecule has 0 aromatic rings. The Labute approximate surface area is 117 Å². The Kier molecular flexibility index (Phi) is 5.49. The van der Waals surface area contributed by atoms with Crippen molar-refractivity contribution in [1.82, 2.24) is 15.5 Å². The molecule has 0 spiro atoms. The Hall–Kier alpha value is -0.770. The van der Waals surface area contributed by atoms with E-state index >= 15 is 0 Å². The number of hydrogen-bond acceptors (Lipinski definition) is 2. The van der Waals surface area contributed by atoms with Gasteiger partial charge in [-0.05, 0) is 45.6 Å². The van der Waals surface area contributed by atoms with E-state index in [-0.39, 0.29) is 6.03 Å². The van der Waals surface area contributed by atoms with Crippen molar-refractivity contribution in [2.24, 2.45) is 5.92 Å². The number of hydrogen-bond donors (Lipinski definition) is 2. The third-order valence-corrected chi connectivity index (χ3v) is 4.54. The fourth-order valence-corrected chi connectivity index (χ4v) is 3.22. The molecule has 1 saturated heterocycles. The van der Waals surface area contributed by atoms with Crippen LogP contribution in [0.25, 0.3) is 0 Å². The molecule has 1 unspecified atom stereocenters. The summed E-state index contributed by atoms with van der Waals surface area (Å²) in [6.45, 7) is 7.61. The summed E-state index contributed by atoms with van der Waals surface area (Å²) in [4.78, 5) is 14.3. The van der Waals surface area contributed by atoms with Gasteiger partial charge in [-0.1, -0.05) is 19.3 Å². The van der Waals surface area contributed by atoms with Gasteiger partial charge in [0.1, 0.15) is 0 Å². The molecular formula is C15H29N3O. The SMILES string of the molecule is CC(C)N1CCC(CNC(=O)NC2CCCCC2)C1. The van der Waals surface area contributed by atoms with Gasteiger partial charge in [0.05, 0.1) is 0 Å². The standard InChI is InChI=1S/C15H29N3O/c1-12(2)18-9-8-13(11-18)10-16-15(19)17-14-6-4-3-5-7-14/h12-14H,3-11H2,1-2H3,(H2,16,17,19). The van der Waals surface area contributed by atoms with Crippen LogP contribution in [-0.4, -0.2) is 42.6 Å². The number of nitrogens with zero attached hydrogens (tertiary/aromatic N) is 1. The fourth-order valence-electron chi connectivity index (χ4n) is 3.22. The molecule has 1 aliphatic carbocycles. The van der Waals surface area contributed by atoms with E-state index in [4.69, 9.17) is 0 Å². The van der Waals surface area contributed by atoms with E-state index in [0.29, 0.717) is 18.0 Å². The van der Waals surface area contributed by atoms with E-state index in [1.807, 2.05) is 0 Å². The summed E-state index contributed by atoms with van der Waals surface area (Å²) in [5, 5.41) is 6.17. The Bertz CT molecular complexity index is 287. The Morgan fingerprint density at radius 3 is 2.58 bits per heavy atom. The Morgan fingerprint density at radius 1 is 1.21 bits per heavy atom. The number of nitrogens with one attached hydrogen (secondary N) is 2. The van der Waals surface area contributed by atoms with E-state index in [2.05, 4.69) is 29.4 Å². The summed E-state index contributed by atoms with van der Waals surface area (Å²) in [6.07, 6.45) is 7.36. The molecule has 1 atom stereocenters. The molecule has 2 fully saturated rings. The van der Waals surface area contributed by atoms with Gasteiger partial charge in [-0.25, -0.2) is 4.79 Å². The van der Waals surface area contributed by atoms with Crippen molar-refractivity contribution >= 4 is 6.03 Å². The Morgan fingerprint density at radius 2 is 1.95 bits per heavy atom. The second-order valence-corrected chi connectivity index (χ2v) is 6.43. The van der Waals surface area contributed by atoms with Gasteiger partial charge in [0, 0.05) is 25.2 Å². The molecule has 2 amide bonds. The molecule has 1 heterocycles. The minimum absolute atomic E-state index is 0.0369. The van der Waals surface area contributed by atoms with Crippen LogP contribution >= 0.6 is 0 Å². The fraction of sp³-hybridized carbons (Fsp3) is 0.933. The van der Waals surface area contributed by atoms with Crippen LogP contribution in [-0.2, 0) is 0 Å². The lowest BCUT2D eigenvalue weighted by Gasteiger charge is -2.23. The first-order chi connectivity index (χ1) is 9.15. The van der Waals surface area contributed by atoms with Gasteiger partial charge in [0.2, 0.25) is 0 Å². The first kappa shape index (κ1) is 14.6. The third kappa shape index (κ3) is 4.68. The predicted octanol–water partition coefficient (Wildman–Crippen LogP) is 2.35. The van der Waals surface area contributed by atoms with E-state index in [9.17, 15) is 4.79 Å². The second kappa shape index (κ2) is 7.13. The van der Waals surface area contributed by atoms with Crippen LogP contribution in [0.4, 0.5) is 4.79 Å².